The highest BCUT2D eigenvalue weighted by Gasteiger charge is 2.35. The molecule has 5 heteroatoms. The Morgan fingerprint density at radius 1 is 1.24 bits per heavy atom. The molecule has 0 saturated carbocycles. The standard InChI is InChI=1S/C12H17FN4/c13-11-7-12(15-8-14-11)16-9-4-6-17-5-2-1-3-10(9)17/h7-10H,1-6H2,(H,14,15,16). The summed E-state index contributed by atoms with van der Waals surface area (Å²) in [5.41, 5.74) is 0. The molecule has 2 fully saturated rings. The van der Waals surface area contributed by atoms with Gasteiger partial charge in [-0.15, -0.1) is 0 Å². The van der Waals surface area contributed by atoms with Crippen LogP contribution in [0.1, 0.15) is 25.7 Å². The molecule has 2 atom stereocenters. The van der Waals surface area contributed by atoms with Crippen molar-refractivity contribution in [3.05, 3.63) is 18.3 Å². The van der Waals surface area contributed by atoms with Gasteiger partial charge in [0, 0.05) is 24.7 Å². The predicted octanol–water partition coefficient (Wildman–Crippen LogP) is 1.65. The van der Waals surface area contributed by atoms with Gasteiger partial charge in [-0.3, -0.25) is 4.90 Å². The summed E-state index contributed by atoms with van der Waals surface area (Å²) < 4.78 is 13.0. The van der Waals surface area contributed by atoms with E-state index in [9.17, 15) is 4.39 Å². The first-order valence-corrected chi connectivity index (χ1v) is 6.31. The van der Waals surface area contributed by atoms with Crippen LogP contribution in [0.5, 0.6) is 0 Å². The van der Waals surface area contributed by atoms with Crippen molar-refractivity contribution in [2.24, 2.45) is 0 Å². The Hall–Kier alpha value is -1.23. The zero-order chi connectivity index (χ0) is 11.7. The van der Waals surface area contributed by atoms with E-state index in [0.717, 1.165) is 13.0 Å². The zero-order valence-corrected chi connectivity index (χ0v) is 9.77. The van der Waals surface area contributed by atoms with Gasteiger partial charge in [-0.25, -0.2) is 9.97 Å². The number of fused-ring (bicyclic) bond motifs is 1. The van der Waals surface area contributed by atoms with Crippen LogP contribution in [-0.4, -0.2) is 40.0 Å². The van der Waals surface area contributed by atoms with E-state index in [0.29, 0.717) is 17.9 Å². The van der Waals surface area contributed by atoms with Crippen LogP contribution in [0.2, 0.25) is 0 Å². The minimum Gasteiger partial charge on any atom is -0.366 e. The molecule has 1 aromatic heterocycles. The van der Waals surface area contributed by atoms with Crippen molar-refractivity contribution < 1.29 is 4.39 Å². The fraction of sp³-hybridized carbons (Fsp3) is 0.667. The minimum absolute atomic E-state index is 0.407. The highest BCUT2D eigenvalue weighted by molar-refractivity contribution is 5.34. The van der Waals surface area contributed by atoms with E-state index in [4.69, 9.17) is 0 Å². The van der Waals surface area contributed by atoms with Crippen molar-refractivity contribution in [2.45, 2.75) is 37.8 Å². The molecule has 0 bridgehead atoms. The van der Waals surface area contributed by atoms with Gasteiger partial charge >= 0.3 is 0 Å². The van der Waals surface area contributed by atoms with Crippen molar-refractivity contribution in [3.8, 4) is 0 Å². The summed E-state index contributed by atoms with van der Waals surface area (Å²) in [6.07, 6.45) is 6.25. The summed E-state index contributed by atoms with van der Waals surface area (Å²) >= 11 is 0. The van der Waals surface area contributed by atoms with Gasteiger partial charge in [-0.1, -0.05) is 6.42 Å². The Labute approximate surface area is 100 Å². The minimum atomic E-state index is -0.471. The van der Waals surface area contributed by atoms with Gasteiger partial charge in [0.15, 0.2) is 0 Å². The van der Waals surface area contributed by atoms with Gasteiger partial charge in [-0.05, 0) is 25.8 Å². The number of halogens is 1. The second kappa shape index (κ2) is 4.56. The van der Waals surface area contributed by atoms with E-state index < -0.39 is 5.95 Å². The van der Waals surface area contributed by atoms with Crippen LogP contribution in [0, 0.1) is 5.95 Å². The highest BCUT2D eigenvalue weighted by Crippen LogP contribution is 2.28. The summed E-state index contributed by atoms with van der Waals surface area (Å²) in [6, 6.07) is 2.37. The van der Waals surface area contributed by atoms with Crippen molar-refractivity contribution in [1.29, 1.82) is 0 Å². The first-order valence-electron chi connectivity index (χ1n) is 6.31. The summed E-state index contributed by atoms with van der Waals surface area (Å²) in [6.45, 7) is 2.36. The van der Waals surface area contributed by atoms with Gasteiger partial charge in [0.1, 0.15) is 12.1 Å². The smallest absolute Gasteiger partial charge is 0.217 e. The van der Waals surface area contributed by atoms with Crippen LogP contribution in [0.4, 0.5) is 10.2 Å². The van der Waals surface area contributed by atoms with Crippen LogP contribution < -0.4 is 5.32 Å². The van der Waals surface area contributed by atoms with Gasteiger partial charge in [0.25, 0.3) is 0 Å². The molecule has 2 aliphatic heterocycles. The Balaban J connectivity index is 1.69. The molecule has 1 N–H and O–H groups in total. The van der Waals surface area contributed by atoms with Gasteiger partial charge in [-0.2, -0.15) is 4.39 Å². The molecule has 3 heterocycles. The first-order chi connectivity index (χ1) is 8.33. The fourth-order valence-corrected chi connectivity index (χ4v) is 3.02. The zero-order valence-electron chi connectivity index (χ0n) is 9.77. The normalized spacial score (nSPS) is 29.0. The average molecular weight is 236 g/mol. The second-order valence-electron chi connectivity index (χ2n) is 4.86. The molecule has 0 aromatic carbocycles. The summed E-state index contributed by atoms with van der Waals surface area (Å²) in [5.74, 6) is 0.135. The third-order valence-electron chi connectivity index (χ3n) is 3.82. The predicted molar refractivity (Wildman–Crippen MR) is 63.2 cm³/mol. The number of rotatable bonds is 2. The average Bonchev–Trinajstić information content (AvgIpc) is 2.73. The maximum Gasteiger partial charge on any atom is 0.217 e. The lowest BCUT2D eigenvalue weighted by molar-refractivity contribution is 0.192. The number of nitrogens with one attached hydrogen (secondary N) is 1. The van der Waals surface area contributed by atoms with E-state index in [1.54, 1.807) is 0 Å². The maximum atomic E-state index is 13.0. The molecule has 2 aliphatic rings. The molecule has 2 saturated heterocycles. The molecule has 3 rings (SSSR count). The number of hydrogen-bond acceptors (Lipinski definition) is 4. The second-order valence-corrected chi connectivity index (χ2v) is 4.86. The molecule has 0 aliphatic carbocycles. The lowest BCUT2D eigenvalue weighted by atomic mass is 9.99. The molecule has 0 spiro atoms. The van der Waals surface area contributed by atoms with Crippen molar-refractivity contribution in [2.75, 3.05) is 18.4 Å². The largest absolute Gasteiger partial charge is 0.366 e. The third-order valence-corrected chi connectivity index (χ3v) is 3.82. The lowest BCUT2D eigenvalue weighted by Gasteiger charge is -2.32. The fourth-order valence-electron chi connectivity index (χ4n) is 3.02. The van der Waals surface area contributed by atoms with E-state index in [1.165, 1.54) is 38.2 Å². The summed E-state index contributed by atoms with van der Waals surface area (Å²) in [5, 5.41) is 3.35. The molecule has 92 valence electrons. The number of piperidine rings is 1. The van der Waals surface area contributed by atoms with Gasteiger partial charge < -0.3 is 5.32 Å². The SMILES string of the molecule is Fc1cc(NC2CCN3CCCCC23)ncn1. The molecule has 4 nitrogen and oxygen atoms in total. The Morgan fingerprint density at radius 2 is 2.18 bits per heavy atom. The van der Waals surface area contributed by atoms with Crippen LogP contribution in [0.15, 0.2) is 12.4 Å². The van der Waals surface area contributed by atoms with E-state index in [-0.39, 0.29) is 0 Å². The quantitative estimate of drug-likeness (QED) is 0.793. The van der Waals surface area contributed by atoms with Crippen LogP contribution in [0.3, 0.4) is 0 Å². The Morgan fingerprint density at radius 3 is 3.06 bits per heavy atom. The van der Waals surface area contributed by atoms with Crippen LogP contribution in [-0.2, 0) is 0 Å². The Bertz CT molecular complexity index is 398. The molecule has 2 unspecified atom stereocenters. The van der Waals surface area contributed by atoms with Gasteiger partial charge in [0.2, 0.25) is 5.95 Å². The monoisotopic (exact) mass is 236 g/mol. The number of nitrogens with zero attached hydrogens (tertiary/aromatic N) is 3. The number of hydrogen-bond donors (Lipinski definition) is 1. The molecule has 17 heavy (non-hydrogen) atoms. The topological polar surface area (TPSA) is 41.0 Å². The van der Waals surface area contributed by atoms with Crippen molar-refractivity contribution in [3.63, 3.8) is 0 Å². The molecule has 0 amide bonds. The van der Waals surface area contributed by atoms with Crippen LogP contribution in [0.25, 0.3) is 0 Å². The van der Waals surface area contributed by atoms with Crippen molar-refractivity contribution >= 4 is 5.82 Å². The molecular weight excluding hydrogens is 219 g/mol. The molecule has 1 aromatic rings. The summed E-state index contributed by atoms with van der Waals surface area (Å²) in [4.78, 5) is 10.1. The first kappa shape index (κ1) is 10.9. The van der Waals surface area contributed by atoms with Crippen molar-refractivity contribution in [1.82, 2.24) is 14.9 Å². The Kier molecular flexibility index (Phi) is 2.93. The van der Waals surface area contributed by atoms with Crippen LogP contribution >= 0.6 is 0 Å². The van der Waals surface area contributed by atoms with E-state index in [1.807, 2.05) is 0 Å². The molecule has 0 radical (unpaired) electrons. The molecular formula is C12H17FN4. The highest BCUT2D eigenvalue weighted by atomic mass is 19.1. The third kappa shape index (κ3) is 2.24. The summed E-state index contributed by atoms with van der Waals surface area (Å²) in [7, 11) is 0. The number of anilines is 1. The van der Waals surface area contributed by atoms with E-state index >= 15 is 0 Å². The maximum absolute atomic E-state index is 13.0. The van der Waals surface area contributed by atoms with E-state index in [2.05, 4.69) is 20.2 Å². The van der Waals surface area contributed by atoms with Gasteiger partial charge in [0.05, 0.1) is 0 Å². The number of aromatic nitrogens is 2. The lowest BCUT2D eigenvalue weighted by Crippen LogP contribution is -2.41.